The number of alkyl halides is 3. The van der Waals surface area contributed by atoms with Gasteiger partial charge in [-0.15, -0.1) is 0 Å². The summed E-state index contributed by atoms with van der Waals surface area (Å²) in [4.78, 5) is 1.66. The molecule has 0 amide bonds. The summed E-state index contributed by atoms with van der Waals surface area (Å²) < 4.78 is 51.0. The van der Waals surface area contributed by atoms with Gasteiger partial charge in [-0.2, -0.15) is 13.2 Å². The number of benzene rings is 1. The van der Waals surface area contributed by atoms with Gasteiger partial charge in [0.25, 0.3) is 0 Å². The van der Waals surface area contributed by atoms with Gasteiger partial charge in [0, 0.05) is 13.1 Å². The Balaban J connectivity index is 2.40. The first-order valence-electron chi connectivity index (χ1n) is 5.11. The zero-order valence-electron chi connectivity index (χ0n) is 8.52. The third-order valence-electron chi connectivity index (χ3n) is 2.73. The Morgan fingerprint density at radius 3 is 2.25 bits per heavy atom. The highest BCUT2D eigenvalue weighted by Crippen LogP contribution is 2.35. The summed E-state index contributed by atoms with van der Waals surface area (Å²) in [6, 6.07) is 3.42. The van der Waals surface area contributed by atoms with E-state index < -0.39 is 17.6 Å². The molecule has 1 fully saturated rings. The third kappa shape index (κ3) is 1.99. The van der Waals surface area contributed by atoms with Crippen LogP contribution in [0.2, 0.25) is 0 Å². The molecular weight excluding hydrogens is 222 g/mol. The Morgan fingerprint density at radius 1 is 1.06 bits per heavy atom. The molecule has 0 unspecified atom stereocenters. The summed E-state index contributed by atoms with van der Waals surface area (Å²) in [6.07, 6.45) is -2.83. The van der Waals surface area contributed by atoms with E-state index in [1.807, 2.05) is 0 Å². The van der Waals surface area contributed by atoms with E-state index in [0.29, 0.717) is 13.1 Å². The standard InChI is InChI=1S/C11H11F4N/c12-10-8(11(13,14)15)4-3-5-9(10)16-6-1-2-7-16/h3-5H,1-2,6-7H2. The predicted molar refractivity (Wildman–Crippen MR) is 52.8 cm³/mol. The molecule has 2 rings (SSSR count). The number of anilines is 1. The van der Waals surface area contributed by atoms with Gasteiger partial charge in [0.05, 0.1) is 11.3 Å². The van der Waals surface area contributed by atoms with Crippen LogP contribution in [0, 0.1) is 5.82 Å². The van der Waals surface area contributed by atoms with Gasteiger partial charge in [-0.1, -0.05) is 6.07 Å². The van der Waals surface area contributed by atoms with E-state index in [9.17, 15) is 17.6 Å². The van der Waals surface area contributed by atoms with Gasteiger partial charge < -0.3 is 4.90 Å². The Morgan fingerprint density at radius 2 is 1.69 bits per heavy atom. The molecule has 1 saturated heterocycles. The largest absolute Gasteiger partial charge is 0.419 e. The second kappa shape index (κ2) is 3.96. The maximum Gasteiger partial charge on any atom is 0.419 e. The zero-order chi connectivity index (χ0) is 11.8. The van der Waals surface area contributed by atoms with Crippen LogP contribution in [0.3, 0.4) is 0 Å². The maximum atomic E-state index is 13.7. The van der Waals surface area contributed by atoms with Gasteiger partial charge >= 0.3 is 6.18 Å². The number of nitrogens with zero attached hydrogens (tertiary/aromatic N) is 1. The molecule has 1 heterocycles. The topological polar surface area (TPSA) is 3.24 Å². The van der Waals surface area contributed by atoms with Crippen molar-refractivity contribution in [2.75, 3.05) is 18.0 Å². The van der Waals surface area contributed by atoms with Crippen LogP contribution in [0.25, 0.3) is 0 Å². The van der Waals surface area contributed by atoms with E-state index in [1.165, 1.54) is 12.1 Å². The molecule has 0 radical (unpaired) electrons. The minimum Gasteiger partial charge on any atom is -0.369 e. The number of hydrogen-bond donors (Lipinski definition) is 0. The fraction of sp³-hybridized carbons (Fsp3) is 0.455. The van der Waals surface area contributed by atoms with Crippen molar-refractivity contribution in [2.45, 2.75) is 19.0 Å². The smallest absolute Gasteiger partial charge is 0.369 e. The van der Waals surface area contributed by atoms with Gasteiger partial charge in [-0.25, -0.2) is 4.39 Å². The lowest BCUT2D eigenvalue weighted by Crippen LogP contribution is -2.20. The average molecular weight is 233 g/mol. The summed E-state index contributed by atoms with van der Waals surface area (Å²) in [7, 11) is 0. The fourth-order valence-corrected chi connectivity index (χ4v) is 1.94. The van der Waals surface area contributed by atoms with Gasteiger partial charge in [0.15, 0.2) is 5.82 Å². The number of rotatable bonds is 1. The lowest BCUT2D eigenvalue weighted by atomic mass is 10.1. The van der Waals surface area contributed by atoms with E-state index in [-0.39, 0.29) is 5.69 Å². The summed E-state index contributed by atoms with van der Waals surface area (Å²) >= 11 is 0. The molecule has 1 aliphatic rings. The monoisotopic (exact) mass is 233 g/mol. The molecule has 0 bridgehead atoms. The normalized spacial score (nSPS) is 16.9. The van der Waals surface area contributed by atoms with Crippen LogP contribution < -0.4 is 4.90 Å². The molecule has 0 aromatic heterocycles. The molecule has 0 saturated carbocycles. The molecule has 1 aromatic rings. The van der Waals surface area contributed by atoms with Crippen LogP contribution in [0.5, 0.6) is 0 Å². The molecule has 1 nitrogen and oxygen atoms in total. The second-order valence-corrected chi connectivity index (χ2v) is 3.83. The van der Waals surface area contributed by atoms with Crippen molar-refractivity contribution in [3.05, 3.63) is 29.6 Å². The molecule has 1 aliphatic heterocycles. The first-order chi connectivity index (χ1) is 7.50. The second-order valence-electron chi connectivity index (χ2n) is 3.83. The van der Waals surface area contributed by atoms with Crippen LogP contribution in [0.1, 0.15) is 18.4 Å². The maximum absolute atomic E-state index is 13.7. The van der Waals surface area contributed by atoms with Crippen molar-refractivity contribution in [2.24, 2.45) is 0 Å². The molecule has 1 aromatic carbocycles. The predicted octanol–water partition coefficient (Wildman–Crippen LogP) is 3.44. The van der Waals surface area contributed by atoms with Gasteiger partial charge in [-0.05, 0) is 25.0 Å². The van der Waals surface area contributed by atoms with Gasteiger partial charge in [0.1, 0.15) is 0 Å². The molecule has 0 atom stereocenters. The van der Waals surface area contributed by atoms with Crippen LogP contribution in [-0.4, -0.2) is 13.1 Å². The summed E-state index contributed by atoms with van der Waals surface area (Å²) in [5.74, 6) is -1.16. The van der Waals surface area contributed by atoms with Gasteiger partial charge in [0.2, 0.25) is 0 Å². The van der Waals surface area contributed by atoms with Crippen molar-refractivity contribution < 1.29 is 17.6 Å². The van der Waals surface area contributed by atoms with Crippen LogP contribution >= 0.6 is 0 Å². The Bertz CT molecular complexity index is 380. The van der Waals surface area contributed by atoms with Crippen molar-refractivity contribution in [1.82, 2.24) is 0 Å². The van der Waals surface area contributed by atoms with E-state index >= 15 is 0 Å². The van der Waals surface area contributed by atoms with E-state index in [0.717, 1.165) is 18.9 Å². The Kier molecular flexibility index (Phi) is 2.78. The quantitative estimate of drug-likeness (QED) is 0.671. The molecule has 0 spiro atoms. The molecule has 88 valence electrons. The number of halogens is 4. The third-order valence-corrected chi connectivity index (χ3v) is 2.73. The zero-order valence-corrected chi connectivity index (χ0v) is 8.52. The highest BCUT2D eigenvalue weighted by molar-refractivity contribution is 5.51. The summed E-state index contributed by atoms with van der Waals surface area (Å²) in [5.41, 5.74) is -1.12. The van der Waals surface area contributed by atoms with Crippen molar-refractivity contribution in [3.8, 4) is 0 Å². The first-order valence-corrected chi connectivity index (χ1v) is 5.11. The molecule has 16 heavy (non-hydrogen) atoms. The fourth-order valence-electron chi connectivity index (χ4n) is 1.94. The molecule has 0 N–H and O–H groups in total. The van der Waals surface area contributed by atoms with E-state index in [2.05, 4.69) is 0 Å². The highest BCUT2D eigenvalue weighted by atomic mass is 19.4. The Hall–Kier alpha value is -1.26. The van der Waals surface area contributed by atoms with Crippen LogP contribution in [-0.2, 0) is 6.18 Å². The SMILES string of the molecule is Fc1c(N2CCCC2)cccc1C(F)(F)F. The Labute approximate surface area is 90.7 Å². The number of hydrogen-bond acceptors (Lipinski definition) is 1. The van der Waals surface area contributed by atoms with E-state index in [4.69, 9.17) is 0 Å². The van der Waals surface area contributed by atoms with Crippen molar-refractivity contribution in [3.63, 3.8) is 0 Å². The first kappa shape index (κ1) is 11.2. The average Bonchev–Trinajstić information content (AvgIpc) is 2.69. The lowest BCUT2D eigenvalue weighted by molar-refractivity contribution is -0.139. The van der Waals surface area contributed by atoms with Crippen molar-refractivity contribution in [1.29, 1.82) is 0 Å². The van der Waals surface area contributed by atoms with Crippen LogP contribution in [0.15, 0.2) is 18.2 Å². The minimum atomic E-state index is -4.63. The lowest BCUT2D eigenvalue weighted by Gasteiger charge is -2.20. The highest BCUT2D eigenvalue weighted by Gasteiger charge is 2.35. The van der Waals surface area contributed by atoms with Gasteiger partial charge in [-0.3, -0.25) is 0 Å². The molecule has 0 aliphatic carbocycles. The molecule has 5 heteroatoms. The minimum absolute atomic E-state index is 0.0623. The van der Waals surface area contributed by atoms with Crippen LogP contribution in [0.4, 0.5) is 23.2 Å². The summed E-state index contributed by atoms with van der Waals surface area (Å²) in [5, 5.41) is 0. The summed E-state index contributed by atoms with van der Waals surface area (Å²) in [6.45, 7) is 1.25. The van der Waals surface area contributed by atoms with Crippen molar-refractivity contribution >= 4 is 5.69 Å². The van der Waals surface area contributed by atoms with E-state index in [1.54, 1.807) is 4.90 Å². The molecular formula is C11H11F4N.